The van der Waals surface area contributed by atoms with Gasteiger partial charge in [-0.2, -0.15) is 4.31 Å². The molecule has 0 spiro atoms. The van der Waals surface area contributed by atoms with E-state index in [0.717, 1.165) is 38.5 Å². The van der Waals surface area contributed by atoms with E-state index in [1.807, 2.05) is 0 Å². The molecule has 3 unspecified atom stereocenters. The van der Waals surface area contributed by atoms with Crippen molar-refractivity contribution < 1.29 is 13.2 Å². The van der Waals surface area contributed by atoms with E-state index >= 15 is 0 Å². The lowest BCUT2D eigenvalue weighted by Crippen LogP contribution is -2.49. The first-order valence-electron chi connectivity index (χ1n) is 6.83. The Morgan fingerprint density at radius 3 is 2.39 bits per heavy atom. The lowest BCUT2D eigenvalue weighted by Gasteiger charge is -2.36. The van der Waals surface area contributed by atoms with Crippen LogP contribution < -0.4 is 0 Å². The number of hydrogen-bond donors (Lipinski definition) is 0. The number of hydrogen-bond acceptors (Lipinski definition) is 3. The van der Waals surface area contributed by atoms with Crippen molar-refractivity contribution in [3.05, 3.63) is 0 Å². The van der Waals surface area contributed by atoms with Crippen molar-refractivity contribution in [1.29, 1.82) is 0 Å². The summed E-state index contributed by atoms with van der Waals surface area (Å²) in [5.41, 5.74) is 0. The van der Waals surface area contributed by atoms with Gasteiger partial charge < -0.3 is 4.74 Å². The Bertz CT molecular complexity index is 394. The number of sulfonamides is 1. The zero-order chi connectivity index (χ0) is 12.8. The van der Waals surface area contributed by atoms with Gasteiger partial charge >= 0.3 is 0 Å². The quantitative estimate of drug-likeness (QED) is 0.745. The Balaban J connectivity index is 1.73. The summed E-state index contributed by atoms with van der Waals surface area (Å²) in [6, 6.07) is 0.273. The highest BCUT2D eigenvalue weighted by Gasteiger charge is 2.46. The summed E-state index contributed by atoms with van der Waals surface area (Å²) in [6.07, 6.45) is 5.32. The maximum absolute atomic E-state index is 12.5. The van der Waals surface area contributed by atoms with Crippen LogP contribution in [-0.2, 0) is 14.8 Å². The third-order valence-corrected chi connectivity index (χ3v) is 6.74. The molecule has 18 heavy (non-hydrogen) atoms. The molecule has 0 aliphatic carbocycles. The summed E-state index contributed by atoms with van der Waals surface area (Å²) >= 11 is 6.19. The molecule has 0 radical (unpaired) electrons. The SMILES string of the molecule is O=S(=O)(CC1CCCO1)N1C2CCC1CC(Cl)C2. The van der Waals surface area contributed by atoms with E-state index in [9.17, 15) is 8.42 Å². The third kappa shape index (κ3) is 2.42. The topological polar surface area (TPSA) is 46.6 Å². The first-order chi connectivity index (χ1) is 8.56. The number of rotatable bonds is 3. The molecule has 0 amide bonds. The van der Waals surface area contributed by atoms with Crippen LogP contribution in [0, 0.1) is 0 Å². The van der Waals surface area contributed by atoms with Crippen molar-refractivity contribution in [1.82, 2.24) is 4.31 Å². The van der Waals surface area contributed by atoms with E-state index in [-0.39, 0.29) is 29.3 Å². The fraction of sp³-hybridized carbons (Fsp3) is 1.00. The van der Waals surface area contributed by atoms with Crippen molar-refractivity contribution in [3.8, 4) is 0 Å². The van der Waals surface area contributed by atoms with Gasteiger partial charge in [-0.25, -0.2) is 8.42 Å². The Morgan fingerprint density at radius 2 is 1.83 bits per heavy atom. The lowest BCUT2D eigenvalue weighted by molar-refractivity contribution is 0.125. The van der Waals surface area contributed by atoms with Crippen LogP contribution in [0.5, 0.6) is 0 Å². The molecular formula is C12H20ClNO3S. The van der Waals surface area contributed by atoms with Crippen molar-refractivity contribution >= 4 is 21.6 Å². The zero-order valence-electron chi connectivity index (χ0n) is 10.4. The first kappa shape index (κ1) is 13.2. The fourth-order valence-corrected chi connectivity index (χ4v) is 6.23. The Morgan fingerprint density at radius 1 is 1.17 bits per heavy atom. The van der Waals surface area contributed by atoms with Crippen molar-refractivity contribution in [2.24, 2.45) is 0 Å². The van der Waals surface area contributed by atoms with Gasteiger partial charge in [0.15, 0.2) is 0 Å². The fourth-order valence-electron chi connectivity index (χ4n) is 3.62. The average Bonchev–Trinajstić information content (AvgIpc) is 2.85. The second kappa shape index (κ2) is 4.93. The number of alkyl halides is 1. The minimum Gasteiger partial charge on any atom is -0.377 e. The number of nitrogens with zero attached hydrogens (tertiary/aromatic N) is 1. The highest BCUT2D eigenvalue weighted by molar-refractivity contribution is 7.89. The van der Waals surface area contributed by atoms with Gasteiger partial charge in [0.05, 0.1) is 11.9 Å². The smallest absolute Gasteiger partial charge is 0.217 e. The van der Waals surface area contributed by atoms with Gasteiger partial charge in [-0.1, -0.05) is 0 Å². The van der Waals surface area contributed by atoms with Crippen LogP contribution in [0.1, 0.15) is 38.5 Å². The van der Waals surface area contributed by atoms with Crippen LogP contribution in [-0.4, -0.2) is 48.6 Å². The van der Waals surface area contributed by atoms with Crippen LogP contribution in [0.15, 0.2) is 0 Å². The second-order valence-electron chi connectivity index (χ2n) is 5.70. The molecule has 3 fully saturated rings. The predicted octanol–water partition coefficient (Wildman–Crippen LogP) is 1.73. The monoisotopic (exact) mass is 293 g/mol. The zero-order valence-corrected chi connectivity index (χ0v) is 12.0. The molecule has 0 aromatic carbocycles. The maximum Gasteiger partial charge on any atom is 0.217 e. The Kier molecular flexibility index (Phi) is 3.60. The summed E-state index contributed by atoms with van der Waals surface area (Å²) in [5, 5.41) is 0.150. The first-order valence-corrected chi connectivity index (χ1v) is 8.88. The van der Waals surface area contributed by atoms with Gasteiger partial charge in [0, 0.05) is 24.1 Å². The maximum atomic E-state index is 12.5. The van der Waals surface area contributed by atoms with E-state index in [0.29, 0.717) is 6.61 Å². The molecule has 2 bridgehead atoms. The van der Waals surface area contributed by atoms with Gasteiger partial charge in [-0.3, -0.25) is 0 Å². The molecule has 3 heterocycles. The van der Waals surface area contributed by atoms with E-state index in [1.54, 1.807) is 4.31 Å². The highest BCUT2D eigenvalue weighted by Crippen LogP contribution is 2.40. The van der Waals surface area contributed by atoms with Gasteiger partial charge in [-0.05, 0) is 38.5 Å². The van der Waals surface area contributed by atoms with E-state index < -0.39 is 10.0 Å². The van der Waals surface area contributed by atoms with Crippen LogP contribution in [0.4, 0.5) is 0 Å². The molecule has 6 heteroatoms. The third-order valence-electron chi connectivity index (χ3n) is 4.35. The Labute approximate surface area is 114 Å². The van der Waals surface area contributed by atoms with Crippen molar-refractivity contribution in [2.45, 2.75) is 62.1 Å². The van der Waals surface area contributed by atoms with Crippen LogP contribution in [0.2, 0.25) is 0 Å². The van der Waals surface area contributed by atoms with Crippen molar-refractivity contribution in [3.63, 3.8) is 0 Å². The average molecular weight is 294 g/mol. The van der Waals surface area contributed by atoms with Gasteiger partial charge in [0.1, 0.15) is 0 Å². The number of piperidine rings is 1. The van der Waals surface area contributed by atoms with E-state index in [2.05, 4.69) is 0 Å². The molecule has 3 aliphatic heterocycles. The minimum atomic E-state index is -3.18. The van der Waals surface area contributed by atoms with Gasteiger partial charge in [0.25, 0.3) is 0 Å². The highest BCUT2D eigenvalue weighted by atomic mass is 35.5. The number of halogens is 1. The number of ether oxygens (including phenoxy) is 1. The molecule has 3 saturated heterocycles. The molecule has 3 aliphatic rings. The Hall–Kier alpha value is 0.160. The summed E-state index contributed by atoms with van der Waals surface area (Å²) in [7, 11) is -3.18. The molecule has 104 valence electrons. The van der Waals surface area contributed by atoms with Crippen LogP contribution in [0.3, 0.4) is 0 Å². The van der Waals surface area contributed by atoms with Crippen molar-refractivity contribution in [2.75, 3.05) is 12.4 Å². The summed E-state index contributed by atoms with van der Waals surface area (Å²) < 4.78 is 32.2. The lowest BCUT2D eigenvalue weighted by atomic mass is 10.1. The van der Waals surface area contributed by atoms with E-state index in [1.165, 1.54) is 0 Å². The molecule has 0 saturated carbocycles. The van der Waals surface area contributed by atoms with E-state index in [4.69, 9.17) is 16.3 Å². The largest absolute Gasteiger partial charge is 0.377 e. The van der Waals surface area contributed by atoms with Crippen LogP contribution in [0.25, 0.3) is 0 Å². The molecule has 3 atom stereocenters. The second-order valence-corrected chi connectivity index (χ2v) is 8.23. The summed E-state index contributed by atoms with van der Waals surface area (Å²) in [4.78, 5) is 0. The molecule has 0 aromatic heterocycles. The molecular weight excluding hydrogens is 274 g/mol. The van der Waals surface area contributed by atoms with Crippen LogP contribution >= 0.6 is 11.6 Å². The molecule has 3 rings (SSSR count). The van der Waals surface area contributed by atoms with Gasteiger partial charge in [-0.15, -0.1) is 11.6 Å². The normalized spacial score (nSPS) is 41.4. The molecule has 0 aromatic rings. The standard InChI is InChI=1S/C12H20ClNO3S/c13-9-6-10-3-4-11(7-9)14(10)18(15,16)8-12-2-1-5-17-12/h9-12H,1-8H2. The summed E-state index contributed by atoms with van der Waals surface area (Å²) in [6.45, 7) is 0.705. The predicted molar refractivity (Wildman–Crippen MR) is 70.3 cm³/mol. The van der Waals surface area contributed by atoms with Gasteiger partial charge in [0.2, 0.25) is 10.0 Å². The summed E-state index contributed by atoms with van der Waals surface area (Å²) in [5.74, 6) is 0.160. The number of fused-ring (bicyclic) bond motifs is 2. The minimum absolute atomic E-state index is 0.0943. The molecule has 4 nitrogen and oxygen atoms in total. The molecule has 0 N–H and O–H groups in total.